The highest BCUT2D eigenvalue weighted by Gasteiger charge is 2.46. The first-order chi connectivity index (χ1) is 10.4. The first-order valence-electron chi connectivity index (χ1n) is 8.57. The molecule has 2 atom stereocenters. The Hall–Kier alpha value is -1.10. The van der Waals surface area contributed by atoms with E-state index in [1.54, 1.807) is 4.90 Å². The maximum Gasteiger partial charge on any atom is 0.238 e. The van der Waals surface area contributed by atoms with E-state index in [4.69, 9.17) is 5.73 Å². The minimum Gasteiger partial charge on any atom is -0.396 e. The quantitative estimate of drug-likeness (QED) is 0.672. The van der Waals surface area contributed by atoms with Gasteiger partial charge in [0, 0.05) is 19.7 Å². The molecule has 1 heterocycles. The Morgan fingerprint density at radius 2 is 2.05 bits per heavy atom. The van der Waals surface area contributed by atoms with Crippen molar-refractivity contribution >= 4 is 11.8 Å². The van der Waals surface area contributed by atoms with Crippen LogP contribution in [0.5, 0.6) is 0 Å². The molecule has 1 aliphatic rings. The second-order valence-electron chi connectivity index (χ2n) is 7.07. The standard InChI is InChI=1S/C17H32N2O3/c1-4-8-17(15(18)21,9-7-13(2)3)16(22)19-10-5-6-14(11-19)12-20/h13-14,20H,4-12H2,1-3H3,(H2,18,21)/t14-,17+/m1/s1. The average molecular weight is 312 g/mol. The Morgan fingerprint density at radius 1 is 1.36 bits per heavy atom. The van der Waals surface area contributed by atoms with E-state index in [2.05, 4.69) is 13.8 Å². The van der Waals surface area contributed by atoms with Crippen LogP contribution in [-0.2, 0) is 9.59 Å². The molecule has 0 aliphatic carbocycles. The van der Waals surface area contributed by atoms with Crippen molar-refractivity contribution in [3.63, 3.8) is 0 Å². The number of hydrogen-bond donors (Lipinski definition) is 2. The summed E-state index contributed by atoms with van der Waals surface area (Å²) >= 11 is 0. The number of primary amides is 1. The molecule has 22 heavy (non-hydrogen) atoms. The molecule has 1 rings (SSSR count). The molecule has 0 bridgehead atoms. The lowest BCUT2D eigenvalue weighted by Crippen LogP contribution is -2.54. The van der Waals surface area contributed by atoms with Gasteiger partial charge < -0.3 is 15.7 Å². The van der Waals surface area contributed by atoms with Crippen LogP contribution in [0.3, 0.4) is 0 Å². The zero-order valence-electron chi connectivity index (χ0n) is 14.3. The van der Waals surface area contributed by atoms with E-state index in [0.717, 1.165) is 25.7 Å². The van der Waals surface area contributed by atoms with Gasteiger partial charge in [0.25, 0.3) is 0 Å². The molecule has 0 aromatic rings. The van der Waals surface area contributed by atoms with Crippen LogP contribution in [0.4, 0.5) is 0 Å². The number of nitrogens with two attached hydrogens (primary N) is 1. The van der Waals surface area contributed by atoms with Crippen LogP contribution in [0.25, 0.3) is 0 Å². The average Bonchev–Trinajstić information content (AvgIpc) is 2.50. The highest BCUT2D eigenvalue weighted by Crippen LogP contribution is 2.35. The van der Waals surface area contributed by atoms with Gasteiger partial charge in [-0.2, -0.15) is 0 Å². The number of likely N-dealkylation sites (tertiary alicyclic amines) is 1. The van der Waals surface area contributed by atoms with E-state index in [1.807, 2.05) is 6.92 Å². The van der Waals surface area contributed by atoms with Crippen molar-refractivity contribution in [1.82, 2.24) is 4.90 Å². The van der Waals surface area contributed by atoms with Gasteiger partial charge in [-0.1, -0.05) is 27.2 Å². The van der Waals surface area contributed by atoms with E-state index >= 15 is 0 Å². The summed E-state index contributed by atoms with van der Waals surface area (Å²) in [6.07, 6.45) is 4.41. The number of nitrogens with zero attached hydrogens (tertiary/aromatic N) is 1. The van der Waals surface area contributed by atoms with Crippen LogP contribution in [0.2, 0.25) is 0 Å². The Bertz CT molecular complexity index is 384. The maximum absolute atomic E-state index is 13.1. The number of carbonyl (C=O) groups excluding carboxylic acids is 2. The summed E-state index contributed by atoms with van der Waals surface area (Å²) in [6.45, 7) is 7.45. The monoisotopic (exact) mass is 312 g/mol. The molecule has 3 N–H and O–H groups in total. The van der Waals surface area contributed by atoms with E-state index < -0.39 is 11.3 Å². The Balaban J connectivity index is 2.97. The largest absolute Gasteiger partial charge is 0.396 e. The Labute approximate surface area is 134 Å². The summed E-state index contributed by atoms with van der Waals surface area (Å²) in [5, 5.41) is 9.35. The molecule has 5 heteroatoms. The fourth-order valence-corrected chi connectivity index (χ4v) is 3.35. The SMILES string of the molecule is CCC[C@](CCC(C)C)(C(N)=O)C(=O)N1CCC[C@@H](CO)C1. The third-order valence-electron chi connectivity index (χ3n) is 4.77. The lowest BCUT2D eigenvalue weighted by Gasteiger charge is -2.39. The van der Waals surface area contributed by atoms with E-state index in [1.165, 1.54) is 0 Å². The third kappa shape index (κ3) is 4.45. The van der Waals surface area contributed by atoms with Gasteiger partial charge in [0.2, 0.25) is 11.8 Å². The summed E-state index contributed by atoms with van der Waals surface area (Å²) in [4.78, 5) is 27.0. The maximum atomic E-state index is 13.1. The molecule has 5 nitrogen and oxygen atoms in total. The molecule has 128 valence electrons. The van der Waals surface area contributed by atoms with Crippen molar-refractivity contribution < 1.29 is 14.7 Å². The smallest absolute Gasteiger partial charge is 0.238 e. The molecule has 0 saturated carbocycles. The molecule has 0 spiro atoms. The highest BCUT2D eigenvalue weighted by molar-refractivity contribution is 6.04. The predicted molar refractivity (Wildman–Crippen MR) is 87.0 cm³/mol. The molecule has 1 aliphatic heterocycles. The van der Waals surface area contributed by atoms with Crippen LogP contribution in [0.15, 0.2) is 0 Å². The van der Waals surface area contributed by atoms with Crippen LogP contribution >= 0.6 is 0 Å². The lowest BCUT2D eigenvalue weighted by molar-refractivity contribution is -0.152. The van der Waals surface area contributed by atoms with Crippen LogP contribution in [-0.4, -0.2) is 41.5 Å². The van der Waals surface area contributed by atoms with Gasteiger partial charge in [0.05, 0.1) is 0 Å². The number of aliphatic hydroxyl groups is 1. The van der Waals surface area contributed by atoms with Crippen molar-refractivity contribution in [2.45, 2.75) is 59.3 Å². The molecule has 1 fully saturated rings. The van der Waals surface area contributed by atoms with Gasteiger partial charge in [-0.05, 0) is 43.9 Å². The van der Waals surface area contributed by atoms with Crippen LogP contribution in [0.1, 0.15) is 59.3 Å². The van der Waals surface area contributed by atoms with Gasteiger partial charge in [0.15, 0.2) is 0 Å². The molecule has 0 radical (unpaired) electrons. The molecule has 2 amide bonds. The summed E-state index contributed by atoms with van der Waals surface area (Å²) < 4.78 is 0. The van der Waals surface area contributed by atoms with Crippen LogP contribution < -0.4 is 5.73 Å². The zero-order chi connectivity index (χ0) is 16.8. The van der Waals surface area contributed by atoms with E-state index in [0.29, 0.717) is 31.8 Å². The zero-order valence-corrected chi connectivity index (χ0v) is 14.3. The predicted octanol–water partition coefficient (Wildman–Crippen LogP) is 1.93. The summed E-state index contributed by atoms with van der Waals surface area (Å²) in [5.74, 6) is -0.0725. The summed E-state index contributed by atoms with van der Waals surface area (Å²) in [7, 11) is 0. The van der Waals surface area contributed by atoms with Gasteiger partial charge in [-0.3, -0.25) is 9.59 Å². The topological polar surface area (TPSA) is 83.6 Å². The fraction of sp³-hybridized carbons (Fsp3) is 0.882. The molecular formula is C17H32N2O3. The Morgan fingerprint density at radius 3 is 2.55 bits per heavy atom. The number of rotatable bonds is 8. The van der Waals surface area contributed by atoms with Gasteiger partial charge >= 0.3 is 0 Å². The van der Waals surface area contributed by atoms with Gasteiger partial charge in [-0.25, -0.2) is 0 Å². The van der Waals surface area contributed by atoms with Crippen molar-refractivity contribution in [3.05, 3.63) is 0 Å². The first-order valence-corrected chi connectivity index (χ1v) is 8.57. The second kappa shape index (κ2) is 8.51. The number of aliphatic hydroxyl groups excluding tert-OH is 1. The summed E-state index contributed by atoms with van der Waals surface area (Å²) in [6, 6.07) is 0. The fourth-order valence-electron chi connectivity index (χ4n) is 3.35. The lowest BCUT2D eigenvalue weighted by atomic mass is 9.75. The number of carbonyl (C=O) groups is 2. The summed E-state index contributed by atoms with van der Waals surface area (Å²) in [5.41, 5.74) is 4.61. The second-order valence-corrected chi connectivity index (χ2v) is 7.07. The molecule has 0 unspecified atom stereocenters. The minimum atomic E-state index is -1.07. The normalized spacial score (nSPS) is 21.7. The van der Waals surface area contributed by atoms with Crippen LogP contribution in [0, 0.1) is 17.3 Å². The number of hydrogen-bond acceptors (Lipinski definition) is 3. The third-order valence-corrected chi connectivity index (χ3v) is 4.77. The molecule has 1 saturated heterocycles. The molecular weight excluding hydrogens is 280 g/mol. The van der Waals surface area contributed by atoms with Crippen molar-refractivity contribution in [3.8, 4) is 0 Å². The van der Waals surface area contributed by atoms with Gasteiger partial charge in [-0.15, -0.1) is 0 Å². The van der Waals surface area contributed by atoms with Gasteiger partial charge in [0.1, 0.15) is 5.41 Å². The van der Waals surface area contributed by atoms with E-state index in [-0.39, 0.29) is 18.4 Å². The molecule has 0 aromatic carbocycles. The number of amides is 2. The van der Waals surface area contributed by atoms with Crippen molar-refractivity contribution in [2.75, 3.05) is 19.7 Å². The number of piperidine rings is 1. The highest BCUT2D eigenvalue weighted by atomic mass is 16.3. The van der Waals surface area contributed by atoms with Crippen molar-refractivity contribution in [1.29, 1.82) is 0 Å². The molecule has 0 aromatic heterocycles. The van der Waals surface area contributed by atoms with Crippen molar-refractivity contribution in [2.24, 2.45) is 23.0 Å². The first kappa shape index (κ1) is 18.9. The van der Waals surface area contributed by atoms with E-state index in [9.17, 15) is 14.7 Å². The minimum absolute atomic E-state index is 0.0904. The Kier molecular flexibility index (Phi) is 7.33.